The molecule has 0 unspecified atom stereocenters. The number of aryl methyl sites for hydroxylation is 1. The van der Waals surface area contributed by atoms with E-state index in [4.69, 9.17) is 5.11 Å². The summed E-state index contributed by atoms with van der Waals surface area (Å²) in [7, 11) is 1.63. The standard InChI is InChI=1S/C18H22FN3O3.C2H6/c1-11-5-6-15(14(19)9-11)21-17-13(18(25)20-7-4-8-23)10-16(12(2)24)22(17)3;1-2/h5-6,9-10,21,23H,4,7-8H2,1-3H3,(H,20,25);1-2H3. The maximum absolute atomic E-state index is 14.1. The van der Waals surface area contributed by atoms with E-state index in [1.165, 1.54) is 23.6 Å². The van der Waals surface area contributed by atoms with Crippen LogP contribution < -0.4 is 10.6 Å². The largest absolute Gasteiger partial charge is 0.396 e. The number of nitrogens with zero attached hydrogens (tertiary/aromatic N) is 1. The fraction of sp³-hybridized carbons (Fsp3) is 0.400. The lowest BCUT2D eigenvalue weighted by atomic mass is 10.2. The number of anilines is 2. The minimum absolute atomic E-state index is 0.0343. The lowest BCUT2D eigenvalue weighted by Gasteiger charge is -2.13. The highest BCUT2D eigenvalue weighted by Gasteiger charge is 2.21. The number of ketones is 1. The summed E-state index contributed by atoms with van der Waals surface area (Å²) in [5.41, 5.74) is 1.57. The molecule has 1 heterocycles. The Morgan fingerprint density at radius 3 is 2.44 bits per heavy atom. The van der Waals surface area contributed by atoms with Crippen LogP contribution in [-0.4, -0.2) is 34.5 Å². The molecule has 1 aromatic carbocycles. The quantitative estimate of drug-likeness (QED) is 0.509. The van der Waals surface area contributed by atoms with E-state index >= 15 is 0 Å². The monoisotopic (exact) mass is 377 g/mol. The van der Waals surface area contributed by atoms with Crippen molar-refractivity contribution < 1.29 is 19.1 Å². The van der Waals surface area contributed by atoms with Gasteiger partial charge < -0.3 is 20.3 Å². The van der Waals surface area contributed by atoms with E-state index in [2.05, 4.69) is 10.6 Å². The van der Waals surface area contributed by atoms with E-state index in [-0.39, 0.29) is 23.6 Å². The first kappa shape index (κ1) is 22.4. The Bertz CT molecular complexity index is 800. The number of benzene rings is 1. The molecule has 1 amide bonds. The second kappa shape index (κ2) is 10.5. The van der Waals surface area contributed by atoms with Crippen molar-refractivity contribution in [3.8, 4) is 0 Å². The molecule has 0 saturated heterocycles. The molecule has 0 aliphatic carbocycles. The molecule has 0 spiro atoms. The average molecular weight is 377 g/mol. The molecule has 2 rings (SSSR count). The summed E-state index contributed by atoms with van der Waals surface area (Å²) in [6.45, 7) is 7.45. The van der Waals surface area contributed by atoms with E-state index in [1.54, 1.807) is 26.1 Å². The lowest BCUT2D eigenvalue weighted by Crippen LogP contribution is -2.25. The Hall–Kier alpha value is -2.67. The normalized spacial score (nSPS) is 10.0. The minimum atomic E-state index is -0.447. The number of carbonyl (C=O) groups is 2. The second-order valence-electron chi connectivity index (χ2n) is 5.85. The van der Waals surface area contributed by atoms with Crippen molar-refractivity contribution >= 4 is 23.2 Å². The average Bonchev–Trinajstić information content (AvgIpc) is 2.96. The summed E-state index contributed by atoms with van der Waals surface area (Å²) in [5, 5.41) is 14.4. The number of aliphatic hydroxyl groups excluding tert-OH is 1. The Morgan fingerprint density at radius 2 is 1.89 bits per heavy atom. The molecule has 1 aromatic heterocycles. The third-order valence-corrected chi connectivity index (χ3v) is 3.84. The van der Waals surface area contributed by atoms with Crippen LogP contribution in [0.1, 0.15) is 53.6 Å². The number of carbonyl (C=O) groups excluding carboxylic acids is 2. The first-order valence-corrected chi connectivity index (χ1v) is 8.98. The highest BCUT2D eigenvalue weighted by molar-refractivity contribution is 6.04. The number of halogens is 1. The number of rotatable bonds is 7. The number of aliphatic hydroxyl groups is 1. The second-order valence-corrected chi connectivity index (χ2v) is 5.85. The van der Waals surface area contributed by atoms with Crippen molar-refractivity contribution in [3.63, 3.8) is 0 Å². The lowest BCUT2D eigenvalue weighted by molar-refractivity contribution is 0.0951. The maximum Gasteiger partial charge on any atom is 0.255 e. The van der Waals surface area contributed by atoms with E-state index in [1.807, 2.05) is 13.8 Å². The van der Waals surface area contributed by atoms with Gasteiger partial charge in [-0.3, -0.25) is 9.59 Å². The van der Waals surface area contributed by atoms with Gasteiger partial charge >= 0.3 is 0 Å². The Balaban J connectivity index is 0.00000176. The molecule has 7 heteroatoms. The third-order valence-electron chi connectivity index (χ3n) is 3.84. The molecular weight excluding hydrogens is 349 g/mol. The van der Waals surface area contributed by atoms with Gasteiger partial charge in [0.05, 0.1) is 16.9 Å². The van der Waals surface area contributed by atoms with Crippen molar-refractivity contribution in [2.45, 2.75) is 34.1 Å². The zero-order valence-electron chi connectivity index (χ0n) is 16.5. The Kier molecular flexibility index (Phi) is 8.68. The van der Waals surface area contributed by atoms with Gasteiger partial charge in [-0.1, -0.05) is 19.9 Å². The van der Waals surface area contributed by atoms with Crippen LogP contribution >= 0.6 is 0 Å². The van der Waals surface area contributed by atoms with Crippen LogP contribution in [0.3, 0.4) is 0 Å². The van der Waals surface area contributed by atoms with Crippen molar-refractivity contribution in [2.24, 2.45) is 7.05 Å². The highest BCUT2D eigenvalue weighted by atomic mass is 19.1. The predicted molar refractivity (Wildman–Crippen MR) is 105 cm³/mol. The van der Waals surface area contributed by atoms with Gasteiger partial charge in [-0.2, -0.15) is 0 Å². The minimum Gasteiger partial charge on any atom is -0.396 e. The van der Waals surface area contributed by atoms with E-state index < -0.39 is 11.7 Å². The molecule has 0 aliphatic rings. The van der Waals surface area contributed by atoms with Crippen LogP contribution in [-0.2, 0) is 7.05 Å². The van der Waals surface area contributed by atoms with Gasteiger partial charge in [0.15, 0.2) is 5.78 Å². The summed E-state index contributed by atoms with van der Waals surface area (Å²) in [6, 6.07) is 6.20. The van der Waals surface area contributed by atoms with Crippen molar-refractivity contribution in [1.29, 1.82) is 0 Å². The van der Waals surface area contributed by atoms with Crippen molar-refractivity contribution in [3.05, 3.63) is 46.9 Å². The van der Waals surface area contributed by atoms with Gasteiger partial charge in [-0.15, -0.1) is 0 Å². The number of aromatic nitrogens is 1. The first-order chi connectivity index (χ1) is 12.8. The van der Waals surface area contributed by atoms with Crippen LogP contribution in [0.4, 0.5) is 15.9 Å². The van der Waals surface area contributed by atoms with Crippen LogP contribution in [0.5, 0.6) is 0 Å². The number of amides is 1. The predicted octanol–water partition coefficient (Wildman–Crippen LogP) is 3.56. The molecule has 2 aromatic rings. The molecule has 27 heavy (non-hydrogen) atoms. The van der Waals surface area contributed by atoms with E-state index in [0.717, 1.165) is 5.56 Å². The zero-order chi connectivity index (χ0) is 20.6. The zero-order valence-corrected chi connectivity index (χ0v) is 16.5. The van der Waals surface area contributed by atoms with Crippen LogP contribution in [0.15, 0.2) is 24.3 Å². The summed E-state index contributed by atoms with van der Waals surface area (Å²) in [4.78, 5) is 24.2. The maximum atomic E-state index is 14.1. The molecule has 0 radical (unpaired) electrons. The Morgan fingerprint density at radius 1 is 1.22 bits per heavy atom. The van der Waals surface area contributed by atoms with Gasteiger partial charge in [0.1, 0.15) is 11.6 Å². The van der Waals surface area contributed by atoms with Crippen LogP contribution in [0.25, 0.3) is 0 Å². The van der Waals surface area contributed by atoms with Gasteiger partial charge in [0.2, 0.25) is 0 Å². The highest BCUT2D eigenvalue weighted by Crippen LogP contribution is 2.27. The van der Waals surface area contributed by atoms with E-state index in [0.29, 0.717) is 24.5 Å². The SMILES string of the molecule is CC.CC(=O)c1cc(C(=O)NCCCO)c(Nc2ccc(C)cc2F)n1C. The molecular formula is C20H28FN3O3. The van der Waals surface area contributed by atoms with Crippen molar-refractivity contribution in [1.82, 2.24) is 9.88 Å². The summed E-state index contributed by atoms with van der Waals surface area (Å²) >= 11 is 0. The molecule has 6 nitrogen and oxygen atoms in total. The molecule has 0 fully saturated rings. The summed E-state index contributed by atoms with van der Waals surface area (Å²) in [5.74, 6) is -0.720. The van der Waals surface area contributed by atoms with Crippen LogP contribution in [0.2, 0.25) is 0 Å². The molecule has 0 bridgehead atoms. The summed E-state index contributed by atoms with van der Waals surface area (Å²) < 4.78 is 15.7. The number of hydrogen-bond donors (Lipinski definition) is 3. The van der Waals surface area contributed by atoms with Gasteiger partial charge in [0, 0.05) is 27.1 Å². The fourth-order valence-corrected chi connectivity index (χ4v) is 2.49. The number of Topliss-reactive ketones (excluding diaryl/α,β-unsaturated/α-hetero) is 1. The third kappa shape index (κ3) is 5.65. The van der Waals surface area contributed by atoms with Gasteiger partial charge in [0.25, 0.3) is 5.91 Å². The van der Waals surface area contributed by atoms with Crippen LogP contribution in [0, 0.1) is 12.7 Å². The molecule has 0 aliphatic heterocycles. The number of nitrogens with one attached hydrogen (secondary N) is 2. The molecule has 0 atom stereocenters. The van der Waals surface area contributed by atoms with E-state index in [9.17, 15) is 14.0 Å². The topological polar surface area (TPSA) is 83.4 Å². The first-order valence-electron chi connectivity index (χ1n) is 8.98. The van der Waals surface area contributed by atoms with Gasteiger partial charge in [-0.05, 0) is 37.1 Å². The van der Waals surface area contributed by atoms with Crippen molar-refractivity contribution in [2.75, 3.05) is 18.5 Å². The molecule has 3 N–H and O–H groups in total. The number of hydrogen-bond acceptors (Lipinski definition) is 4. The Labute approximate surface area is 159 Å². The summed E-state index contributed by atoms with van der Waals surface area (Å²) in [6.07, 6.45) is 0.424. The smallest absolute Gasteiger partial charge is 0.255 e. The molecule has 0 saturated carbocycles. The van der Waals surface area contributed by atoms with Gasteiger partial charge in [-0.25, -0.2) is 4.39 Å². The fourth-order valence-electron chi connectivity index (χ4n) is 2.49. The molecule has 148 valence electrons.